The number of halogens is 1. The maximum Gasteiger partial charge on any atom is 0.216 e. The molecule has 2 aromatic carbocycles. The smallest absolute Gasteiger partial charge is 0.216 e. The Hall–Kier alpha value is -3.14. The standard InChI is InChI=1S/C26H30N6O.HI/c1-2-27-26(29-18-16-24-30-25(32-31-24)23-14-9-19-33-23)28-17-15-22(20-10-5-3-6-11-20)21-12-7-4-8-13-21;/h3-14,19,22H,2,15-18H2,1H3,(H2,27,28,29)(H,30,31,32);1H. The van der Waals surface area contributed by atoms with E-state index in [4.69, 9.17) is 9.41 Å². The molecule has 0 saturated heterocycles. The largest absolute Gasteiger partial charge is 0.461 e. The van der Waals surface area contributed by atoms with Gasteiger partial charge in [-0.2, -0.15) is 5.10 Å². The fourth-order valence-electron chi connectivity index (χ4n) is 3.77. The molecule has 34 heavy (non-hydrogen) atoms. The van der Waals surface area contributed by atoms with Gasteiger partial charge in [0, 0.05) is 32.0 Å². The first-order valence-corrected chi connectivity index (χ1v) is 11.4. The predicted octanol–water partition coefficient (Wildman–Crippen LogP) is 5.00. The normalized spacial score (nSPS) is 11.3. The number of H-pyrrole nitrogens is 1. The molecule has 0 aliphatic carbocycles. The Morgan fingerprint density at radius 2 is 1.68 bits per heavy atom. The van der Waals surface area contributed by atoms with Crippen molar-refractivity contribution < 1.29 is 4.42 Å². The summed E-state index contributed by atoms with van der Waals surface area (Å²) in [5, 5.41) is 13.9. The number of aromatic amines is 1. The highest BCUT2D eigenvalue weighted by Gasteiger charge is 2.13. The zero-order valence-electron chi connectivity index (χ0n) is 19.3. The van der Waals surface area contributed by atoms with Crippen molar-refractivity contribution >= 4 is 29.9 Å². The molecule has 0 fully saturated rings. The van der Waals surface area contributed by atoms with Crippen LogP contribution in [0.5, 0.6) is 0 Å². The van der Waals surface area contributed by atoms with Crippen LogP contribution in [0.25, 0.3) is 11.6 Å². The second-order valence-electron chi connectivity index (χ2n) is 7.68. The lowest BCUT2D eigenvalue weighted by atomic mass is 9.89. The summed E-state index contributed by atoms with van der Waals surface area (Å²) in [7, 11) is 0. The van der Waals surface area contributed by atoms with Gasteiger partial charge in [0.25, 0.3) is 0 Å². The topological polar surface area (TPSA) is 91.1 Å². The van der Waals surface area contributed by atoms with E-state index in [9.17, 15) is 0 Å². The van der Waals surface area contributed by atoms with E-state index in [0.29, 0.717) is 30.5 Å². The van der Waals surface area contributed by atoms with Crippen LogP contribution in [0.3, 0.4) is 0 Å². The molecule has 4 aromatic rings. The molecule has 0 aliphatic heterocycles. The van der Waals surface area contributed by atoms with E-state index in [-0.39, 0.29) is 24.0 Å². The number of rotatable bonds is 10. The summed E-state index contributed by atoms with van der Waals surface area (Å²) < 4.78 is 5.35. The van der Waals surface area contributed by atoms with Crippen molar-refractivity contribution in [2.75, 3.05) is 19.6 Å². The van der Waals surface area contributed by atoms with Gasteiger partial charge in [0.15, 0.2) is 11.7 Å². The van der Waals surface area contributed by atoms with Crippen LogP contribution < -0.4 is 10.6 Å². The van der Waals surface area contributed by atoms with Crippen LogP contribution in [0.4, 0.5) is 0 Å². The van der Waals surface area contributed by atoms with Gasteiger partial charge in [0.05, 0.1) is 6.26 Å². The summed E-state index contributed by atoms with van der Waals surface area (Å²) in [6.07, 6.45) is 3.25. The fraction of sp³-hybridized carbons (Fsp3) is 0.269. The molecule has 0 saturated carbocycles. The number of guanidine groups is 1. The Morgan fingerprint density at radius 3 is 2.29 bits per heavy atom. The highest BCUT2D eigenvalue weighted by Crippen LogP contribution is 2.27. The minimum atomic E-state index is 0. The van der Waals surface area contributed by atoms with Gasteiger partial charge in [-0.05, 0) is 36.6 Å². The van der Waals surface area contributed by atoms with Gasteiger partial charge in [-0.3, -0.25) is 10.1 Å². The van der Waals surface area contributed by atoms with Crippen molar-refractivity contribution in [2.24, 2.45) is 4.99 Å². The monoisotopic (exact) mass is 570 g/mol. The van der Waals surface area contributed by atoms with Crippen molar-refractivity contribution in [3.8, 4) is 11.6 Å². The molecule has 0 aliphatic rings. The van der Waals surface area contributed by atoms with Crippen molar-refractivity contribution in [1.29, 1.82) is 0 Å². The van der Waals surface area contributed by atoms with Gasteiger partial charge in [0.1, 0.15) is 5.82 Å². The minimum Gasteiger partial charge on any atom is -0.461 e. The van der Waals surface area contributed by atoms with Gasteiger partial charge in [-0.15, -0.1) is 24.0 Å². The Labute approximate surface area is 217 Å². The Balaban J connectivity index is 0.00000324. The number of hydrogen-bond acceptors (Lipinski definition) is 4. The van der Waals surface area contributed by atoms with Crippen molar-refractivity contribution in [3.63, 3.8) is 0 Å². The molecule has 8 heteroatoms. The molecule has 0 bridgehead atoms. The first-order chi connectivity index (χ1) is 16.3. The lowest BCUT2D eigenvalue weighted by Crippen LogP contribution is -2.38. The van der Waals surface area contributed by atoms with Gasteiger partial charge >= 0.3 is 0 Å². The molecule has 4 rings (SSSR count). The Morgan fingerprint density at radius 1 is 0.971 bits per heavy atom. The van der Waals surface area contributed by atoms with Crippen LogP contribution in [-0.4, -0.2) is 40.8 Å². The number of benzene rings is 2. The van der Waals surface area contributed by atoms with Crippen LogP contribution in [-0.2, 0) is 6.42 Å². The van der Waals surface area contributed by atoms with E-state index < -0.39 is 0 Å². The highest BCUT2D eigenvalue weighted by atomic mass is 127. The third-order valence-electron chi connectivity index (χ3n) is 5.36. The SMILES string of the molecule is CCNC(=NCCC(c1ccccc1)c1ccccc1)NCCc1nc(-c2ccco2)n[nH]1.I. The number of nitrogens with zero attached hydrogens (tertiary/aromatic N) is 3. The van der Waals surface area contributed by atoms with Gasteiger partial charge < -0.3 is 15.1 Å². The number of furan rings is 1. The molecule has 0 atom stereocenters. The third kappa shape index (κ3) is 7.18. The Bertz CT molecular complexity index is 1070. The molecule has 2 aromatic heterocycles. The van der Waals surface area contributed by atoms with Crippen molar-refractivity contribution in [2.45, 2.75) is 25.7 Å². The van der Waals surface area contributed by atoms with Crippen LogP contribution >= 0.6 is 24.0 Å². The predicted molar refractivity (Wildman–Crippen MR) is 147 cm³/mol. The minimum absolute atomic E-state index is 0. The molecule has 0 spiro atoms. The van der Waals surface area contributed by atoms with Crippen molar-refractivity contribution in [3.05, 3.63) is 96.0 Å². The first-order valence-electron chi connectivity index (χ1n) is 11.4. The van der Waals surface area contributed by atoms with E-state index in [1.807, 2.05) is 12.1 Å². The average molecular weight is 570 g/mol. The second-order valence-corrected chi connectivity index (χ2v) is 7.68. The van der Waals surface area contributed by atoms with Gasteiger partial charge in [-0.1, -0.05) is 60.7 Å². The van der Waals surface area contributed by atoms with Crippen LogP contribution in [0.1, 0.15) is 36.2 Å². The number of hydrogen-bond donors (Lipinski definition) is 3. The first kappa shape index (κ1) is 25.5. The molecule has 2 heterocycles. The van der Waals surface area contributed by atoms with E-state index in [1.165, 1.54) is 11.1 Å². The molecule has 3 N–H and O–H groups in total. The van der Waals surface area contributed by atoms with Crippen LogP contribution in [0, 0.1) is 0 Å². The fourth-order valence-corrected chi connectivity index (χ4v) is 3.77. The summed E-state index contributed by atoms with van der Waals surface area (Å²) in [5.74, 6) is 3.16. The third-order valence-corrected chi connectivity index (χ3v) is 5.36. The molecule has 0 unspecified atom stereocenters. The van der Waals surface area contributed by atoms with E-state index >= 15 is 0 Å². The lowest BCUT2D eigenvalue weighted by Gasteiger charge is -2.18. The average Bonchev–Trinajstić information content (AvgIpc) is 3.55. The molecule has 178 valence electrons. The highest BCUT2D eigenvalue weighted by molar-refractivity contribution is 14.0. The molecule has 7 nitrogen and oxygen atoms in total. The van der Waals surface area contributed by atoms with E-state index in [1.54, 1.807) is 6.26 Å². The summed E-state index contributed by atoms with van der Waals surface area (Å²) in [6.45, 7) is 4.28. The summed E-state index contributed by atoms with van der Waals surface area (Å²) in [4.78, 5) is 9.30. The zero-order chi connectivity index (χ0) is 22.7. The van der Waals surface area contributed by atoms with E-state index in [2.05, 4.69) is 93.4 Å². The second kappa shape index (κ2) is 13.5. The quantitative estimate of drug-likeness (QED) is 0.142. The summed E-state index contributed by atoms with van der Waals surface area (Å²) in [6, 6.07) is 25.0. The van der Waals surface area contributed by atoms with Crippen LogP contribution in [0.2, 0.25) is 0 Å². The van der Waals surface area contributed by atoms with Crippen molar-refractivity contribution in [1.82, 2.24) is 25.8 Å². The zero-order valence-corrected chi connectivity index (χ0v) is 21.6. The maximum atomic E-state index is 5.35. The van der Waals surface area contributed by atoms with Gasteiger partial charge in [0.2, 0.25) is 5.82 Å². The summed E-state index contributed by atoms with van der Waals surface area (Å²) >= 11 is 0. The molecule has 0 radical (unpaired) electrons. The molecular formula is C26H31IN6O. The van der Waals surface area contributed by atoms with E-state index in [0.717, 1.165) is 31.3 Å². The van der Waals surface area contributed by atoms with Crippen LogP contribution in [0.15, 0.2) is 88.5 Å². The lowest BCUT2D eigenvalue weighted by molar-refractivity contribution is 0.577. The maximum absolute atomic E-state index is 5.35. The number of nitrogens with one attached hydrogen (secondary N) is 3. The molecule has 0 amide bonds. The van der Waals surface area contributed by atoms with Gasteiger partial charge in [-0.25, -0.2) is 4.98 Å². The number of aromatic nitrogens is 3. The number of aliphatic imine (C=N–C) groups is 1. The Kier molecular flexibility index (Phi) is 10.1. The molecular weight excluding hydrogens is 539 g/mol. The summed E-state index contributed by atoms with van der Waals surface area (Å²) in [5.41, 5.74) is 2.63.